The van der Waals surface area contributed by atoms with Gasteiger partial charge in [-0.25, -0.2) is 4.79 Å². The molecule has 1 N–H and O–H groups in total. The van der Waals surface area contributed by atoms with E-state index >= 15 is 0 Å². The maximum Gasteiger partial charge on any atom is 0.348 e. The summed E-state index contributed by atoms with van der Waals surface area (Å²) in [5.74, 6) is -1.39. The van der Waals surface area contributed by atoms with Crippen LogP contribution in [0.25, 0.3) is 0 Å². The van der Waals surface area contributed by atoms with Gasteiger partial charge in [0.2, 0.25) is 5.91 Å². The van der Waals surface area contributed by atoms with Gasteiger partial charge in [-0.05, 0) is 24.3 Å². The van der Waals surface area contributed by atoms with Crippen molar-refractivity contribution < 1.29 is 19.1 Å². The van der Waals surface area contributed by atoms with E-state index < -0.39 is 18.5 Å². The fraction of sp³-hybridized carbons (Fsp3) is 0.133. The summed E-state index contributed by atoms with van der Waals surface area (Å²) >= 11 is 6.83. The summed E-state index contributed by atoms with van der Waals surface area (Å²) in [4.78, 5) is 37.4. The number of para-hydroxylation sites is 2. The average Bonchev–Trinajstić information content (AvgIpc) is 2.98. The number of carbonyl (C=O) groups is 3. The molecule has 0 aliphatic carbocycles. The van der Waals surface area contributed by atoms with Crippen LogP contribution < -0.4 is 10.2 Å². The molecule has 0 spiro atoms. The molecule has 3 rings (SSSR count). The number of rotatable bonds is 3. The number of hydrogen-bond donors (Lipinski definition) is 1. The zero-order chi connectivity index (χ0) is 16.4. The molecule has 0 unspecified atom stereocenters. The molecule has 0 saturated heterocycles. The lowest BCUT2D eigenvalue weighted by molar-refractivity contribution is -0.124. The summed E-state index contributed by atoms with van der Waals surface area (Å²) < 4.78 is 5.46. The van der Waals surface area contributed by atoms with Crippen molar-refractivity contribution in [1.82, 2.24) is 0 Å². The largest absolute Gasteiger partial charge is 0.451 e. The van der Waals surface area contributed by atoms with E-state index in [0.29, 0.717) is 20.6 Å². The molecule has 6 nitrogen and oxygen atoms in total. The van der Waals surface area contributed by atoms with E-state index in [2.05, 4.69) is 5.32 Å². The number of thiophene rings is 1. The van der Waals surface area contributed by atoms with E-state index in [1.165, 1.54) is 11.0 Å². The summed E-state index contributed by atoms with van der Waals surface area (Å²) in [6.45, 7) is -0.561. The van der Waals surface area contributed by atoms with Crippen LogP contribution in [0.2, 0.25) is 4.34 Å². The quantitative estimate of drug-likeness (QED) is 0.863. The van der Waals surface area contributed by atoms with Crippen molar-refractivity contribution in [2.45, 2.75) is 0 Å². The van der Waals surface area contributed by atoms with Gasteiger partial charge in [0.05, 0.1) is 15.7 Å². The number of esters is 1. The number of benzene rings is 1. The second kappa shape index (κ2) is 6.39. The predicted molar refractivity (Wildman–Crippen MR) is 87.0 cm³/mol. The number of hydrogen-bond acceptors (Lipinski definition) is 5. The van der Waals surface area contributed by atoms with Gasteiger partial charge in [0.25, 0.3) is 5.91 Å². The topological polar surface area (TPSA) is 75.7 Å². The predicted octanol–water partition coefficient (Wildman–Crippen LogP) is 2.54. The van der Waals surface area contributed by atoms with E-state index in [1.54, 1.807) is 30.3 Å². The SMILES string of the molecule is O=C1CN(C(=O)COC(=O)c2ccc(Cl)s2)c2ccccc2N1. The fourth-order valence-electron chi connectivity index (χ4n) is 2.16. The lowest BCUT2D eigenvalue weighted by Gasteiger charge is -2.28. The van der Waals surface area contributed by atoms with Crippen molar-refractivity contribution in [2.75, 3.05) is 23.4 Å². The molecule has 1 aromatic carbocycles. The Morgan fingerprint density at radius 1 is 1.26 bits per heavy atom. The van der Waals surface area contributed by atoms with Gasteiger partial charge in [-0.2, -0.15) is 0 Å². The summed E-state index contributed by atoms with van der Waals surface area (Å²) in [5.41, 5.74) is 1.13. The minimum Gasteiger partial charge on any atom is -0.451 e. The molecule has 1 aliphatic heterocycles. The zero-order valence-electron chi connectivity index (χ0n) is 11.7. The Labute approximate surface area is 140 Å². The number of nitrogens with one attached hydrogen (secondary N) is 1. The van der Waals surface area contributed by atoms with Crippen molar-refractivity contribution in [3.63, 3.8) is 0 Å². The van der Waals surface area contributed by atoms with Gasteiger partial charge in [0, 0.05) is 0 Å². The third kappa shape index (κ3) is 3.35. The normalized spacial score (nSPS) is 13.3. The number of nitrogens with zero attached hydrogens (tertiary/aromatic N) is 1. The number of fused-ring (bicyclic) bond motifs is 1. The standard InChI is InChI=1S/C15H11ClN2O4S/c16-12-6-5-11(23-12)15(21)22-8-14(20)18-7-13(19)17-9-3-1-2-4-10(9)18/h1-6H,7-8H2,(H,17,19). The van der Waals surface area contributed by atoms with E-state index in [1.807, 2.05) is 0 Å². The minimum atomic E-state index is -0.620. The zero-order valence-corrected chi connectivity index (χ0v) is 13.3. The van der Waals surface area contributed by atoms with Crippen LogP contribution in [0.5, 0.6) is 0 Å². The van der Waals surface area contributed by atoms with E-state index in [0.717, 1.165) is 11.3 Å². The first-order valence-corrected chi connectivity index (χ1v) is 7.86. The highest BCUT2D eigenvalue weighted by Gasteiger charge is 2.27. The van der Waals surface area contributed by atoms with Crippen LogP contribution in [0.1, 0.15) is 9.67 Å². The molecule has 2 aromatic rings. The fourth-order valence-corrected chi connectivity index (χ4v) is 3.09. The highest BCUT2D eigenvalue weighted by Crippen LogP contribution is 2.29. The lowest BCUT2D eigenvalue weighted by Crippen LogP contribution is -2.44. The maximum atomic E-state index is 12.3. The summed E-state index contributed by atoms with van der Waals surface area (Å²) in [5, 5.41) is 2.68. The van der Waals surface area contributed by atoms with Crippen molar-refractivity contribution in [3.05, 3.63) is 45.6 Å². The average molecular weight is 351 g/mol. The van der Waals surface area contributed by atoms with E-state index in [-0.39, 0.29) is 12.5 Å². The Morgan fingerprint density at radius 3 is 2.78 bits per heavy atom. The van der Waals surface area contributed by atoms with Gasteiger partial charge < -0.3 is 10.1 Å². The van der Waals surface area contributed by atoms with Crippen LogP contribution in [0.3, 0.4) is 0 Å². The molecule has 8 heteroatoms. The van der Waals surface area contributed by atoms with Crippen molar-refractivity contribution >= 4 is 52.1 Å². The van der Waals surface area contributed by atoms with Gasteiger partial charge in [-0.15, -0.1) is 11.3 Å². The molecule has 2 heterocycles. The second-order valence-electron chi connectivity index (χ2n) is 4.73. The number of halogens is 1. The first-order chi connectivity index (χ1) is 11.0. The molecule has 23 heavy (non-hydrogen) atoms. The Bertz CT molecular complexity index is 789. The second-order valence-corrected chi connectivity index (χ2v) is 6.44. The molecule has 2 amide bonds. The molecule has 1 aliphatic rings. The van der Waals surface area contributed by atoms with Crippen LogP contribution >= 0.6 is 22.9 Å². The van der Waals surface area contributed by atoms with Gasteiger partial charge in [0.15, 0.2) is 6.61 Å². The van der Waals surface area contributed by atoms with Crippen LogP contribution in [0, 0.1) is 0 Å². The maximum absolute atomic E-state index is 12.3. The number of anilines is 2. The first kappa shape index (κ1) is 15.5. The molecular formula is C15H11ClN2O4S. The Kier molecular flexibility index (Phi) is 4.31. The van der Waals surface area contributed by atoms with Crippen LogP contribution in [-0.2, 0) is 14.3 Å². The summed E-state index contributed by atoms with van der Waals surface area (Å²) in [7, 11) is 0. The van der Waals surface area contributed by atoms with Crippen LogP contribution in [0.4, 0.5) is 11.4 Å². The molecular weight excluding hydrogens is 340 g/mol. The van der Waals surface area contributed by atoms with Crippen molar-refractivity contribution in [3.8, 4) is 0 Å². The van der Waals surface area contributed by atoms with Gasteiger partial charge >= 0.3 is 5.97 Å². The Balaban J connectivity index is 1.69. The molecule has 1 aromatic heterocycles. The molecule has 118 valence electrons. The Hall–Kier alpha value is -2.38. The van der Waals surface area contributed by atoms with Gasteiger partial charge in [-0.3, -0.25) is 14.5 Å². The number of ether oxygens (including phenoxy) is 1. The molecule has 0 atom stereocenters. The lowest BCUT2D eigenvalue weighted by atomic mass is 10.2. The summed E-state index contributed by atoms with van der Waals surface area (Å²) in [6, 6.07) is 10.0. The third-order valence-electron chi connectivity index (χ3n) is 3.17. The van der Waals surface area contributed by atoms with Crippen LogP contribution in [0.15, 0.2) is 36.4 Å². The van der Waals surface area contributed by atoms with E-state index in [9.17, 15) is 14.4 Å². The highest BCUT2D eigenvalue weighted by atomic mass is 35.5. The van der Waals surface area contributed by atoms with E-state index in [4.69, 9.17) is 16.3 Å². The number of amides is 2. The smallest absolute Gasteiger partial charge is 0.348 e. The van der Waals surface area contributed by atoms with Crippen molar-refractivity contribution in [2.24, 2.45) is 0 Å². The monoisotopic (exact) mass is 350 g/mol. The van der Waals surface area contributed by atoms with Crippen LogP contribution in [-0.4, -0.2) is 30.9 Å². The van der Waals surface area contributed by atoms with Crippen molar-refractivity contribution in [1.29, 1.82) is 0 Å². The first-order valence-electron chi connectivity index (χ1n) is 6.66. The summed E-state index contributed by atoms with van der Waals surface area (Å²) in [6.07, 6.45) is 0. The highest BCUT2D eigenvalue weighted by molar-refractivity contribution is 7.17. The van der Waals surface area contributed by atoms with Gasteiger partial charge in [-0.1, -0.05) is 23.7 Å². The third-order valence-corrected chi connectivity index (χ3v) is 4.38. The Morgan fingerprint density at radius 2 is 2.04 bits per heavy atom. The molecule has 0 fully saturated rings. The molecule has 0 saturated carbocycles. The van der Waals surface area contributed by atoms with Gasteiger partial charge in [0.1, 0.15) is 11.4 Å². The molecule has 0 bridgehead atoms. The molecule has 0 radical (unpaired) electrons. The number of carbonyl (C=O) groups excluding carboxylic acids is 3. The minimum absolute atomic E-state index is 0.113.